The molecule has 0 aliphatic rings. The van der Waals surface area contributed by atoms with E-state index in [1.54, 1.807) is 12.1 Å². The monoisotopic (exact) mass is 528 g/mol. The van der Waals surface area contributed by atoms with Crippen molar-refractivity contribution in [2.75, 3.05) is 0 Å². The summed E-state index contributed by atoms with van der Waals surface area (Å²) in [5.74, 6) is -0.838. The number of benzene rings is 3. The number of nitrogens with zero attached hydrogens (tertiary/aromatic N) is 1. The fraction of sp³-hybridized carbons (Fsp3) is 0.290. The average molecular weight is 529 g/mol. The Kier molecular flexibility index (Phi) is 7.26. The number of carbonyl (C=O) groups is 2. The number of carboxylic acid groups (broad SMARTS) is 1. The Bertz CT molecular complexity index is 1440. The van der Waals surface area contributed by atoms with Gasteiger partial charge in [0.15, 0.2) is 0 Å². The van der Waals surface area contributed by atoms with Gasteiger partial charge in [-0.15, -0.1) is 0 Å². The van der Waals surface area contributed by atoms with Crippen molar-refractivity contribution in [1.82, 2.24) is 4.57 Å². The summed E-state index contributed by atoms with van der Waals surface area (Å²) in [4.78, 5) is 26.3. The lowest BCUT2D eigenvalue weighted by molar-refractivity contribution is 0.0534. The summed E-state index contributed by atoms with van der Waals surface area (Å²) >= 11 is 0. The molecule has 1 N–H and O–H groups in total. The van der Waals surface area contributed by atoms with Gasteiger partial charge in [-0.1, -0.05) is 81.4 Å². The molecule has 6 nitrogen and oxygen atoms in total. The van der Waals surface area contributed by atoms with Crippen LogP contribution in [0.1, 0.15) is 63.2 Å². The quantitative estimate of drug-likeness (QED) is 0.326. The van der Waals surface area contributed by atoms with E-state index in [0.717, 1.165) is 15.9 Å². The van der Waals surface area contributed by atoms with Crippen LogP contribution >= 0.6 is 0 Å². The van der Waals surface area contributed by atoms with Gasteiger partial charge in [-0.25, -0.2) is 14.2 Å². The van der Waals surface area contributed by atoms with Gasteiger partial charge >= 0.3 is 21.1 Å². The lowest BCUT2D eigenvalue weighted by Gasteiger charge is -2.25. The van der Waals surface area contributed by atoms with Gasteiger partial charge in [0.1, 0.15) is 16.9 Å². The van der Waals surface area contributed by atoms with Gasteiger partial charge < -0.3 is 14.3 Å². The highest BCUT2D eigenvalue weighted by atomic mass is 28.3. The zero-order chi connectivity index (χ0) is 27.8. The van der Waals surface area contributed by atoms with Crippen LogP contribution in [0.15, 0.2) is 72.8 Å². The number of fused-ring (bicyclic) bond motifs is 1. The second-order valence-corrected chi connectivity index (χ2v) is 13.4. The van der Waals surface area contributed by atoms with Crippen LogP contribution in [0.4, 0.5) is 4.79 Å². The molecule has 0 spiro atoms. The third kappa shape index (κ3) is 5.38. The van der Waals surface area contributed by atoms with Crippen LogP contribution in [-0.4, -0.2) is 36.4 Å². The summed E-state index contributed by atoms with van der Waals surface area (Å²) in [5, 5.41) is 13.0. The second-order valence-electron chi connectivity index (χ2n) is 11.3. The number of aromatic nitrogens is 1. The normalized spacial score (nSPS) is 12.1. The Morgan fingerprint density at radius 3 is 1.79 bits per heavy atom. The number of aromatic carboxylic acids is 1. The molecule has 4 rings (SSSR count). The smallest absolute Gasteiger partial charge is 0.419 e. The van der Waals surface area contributed by atoms with Gasteiger partial charge in [0.25, 0.3) is 0 Å². The number of hydrogen-bond acceptors (Lipinski definition) is 4. The minimum absolute atomic E-state index is 0.0437. The van der Waals surface area contributed by atoms with Gasteiger partial charge in [0.2, 0.25) is 0 Å². The van der Waals surface area contributed by atoms with Crippen LogP contribution in [0.5, 0.6) is 5.75 Å². The van der Waals surface area contributed by atoms with E-state index in [1.165, 1.54) is 4.57 Å². The molecule has 0 saturated heterocycles. The van der Waals surface area contributed by atoms with Crippen LogP contribution < -0.4 is 14.8 Å². The number of hydrogen-bond donors (Lipinski definition) is 1. The molecule has 0 amide bonds. The molecular weight excluding hydrogens is 494 g/mol. The Morgan fingerprint density at radius 2 is 1.34 bits per heavy atom. The average Bonchev–Trinajstić information content (AvgIpc) is 3.15. The Labute approximate surface area is 225 Å². The number of aryl methyl sites for hydroxylation is 1. The van der Waals surface area contributed by atoms with Gasteiger partial charge in [0.05, 0.1) is 5.52 Å². The molecule has 197 valence electrons. The predicted octanol–water partition coefficient (Wildman–Crippen LogP) is 5.91. The van der Waals surface area contributed by atoms with Gasteiger partial charge in [-0.05, 0) is 55.8 Å². The van der Waals surface area contributed by atoms with Crippen molar-refractivity contribution >= 4 is 42.4 Å². The zero-order valence-corrected chi connectivity index (χ0v) is 24.0. The highest BCUT2D eigenvalue weighted by Gasteiger charge is 2.34. The maximum absolute atomic E-state index is 13.4. The zero-order valence-electron chi connectivity index (χ0n) is 23.0. The summed E-state index contributed by atoms with van der Waals surface area (Å²) < 4.78 is 13.9. The third-order valence-electron chi connectivity index (χ3n) is 6.12. The lowest BCUT2D eigenvalue weighted by Crippen LogP contribution is -2.47. The molecule has 7 heteroatoms. The summed E-state index contributed by atoms with van der Waals surface area (Å²) in [6.07, 6.45) is -0.538. The maximum atomic E-state index is 13.4. The summed E-state index contributed by atoms with van der Waals surface area (Å²) in [6, 6.07) is 23.1. The Balaban J connectivity index is 1.97. The minimum Gasteiger partial charge on any atom is -0.532 e. The van der Waals surface area contributed by atoms with E-state index >= 15 is 0 Å². The highest BCUT2D eigenvalue weighted by molar-refractivity contribution is 6.80. The van der Waals surface area contributed by atoms with E-state index in [4.69, 9.17) is 9.16 Å². The lowest BCUT2D eigenvalue weighted by atomic mass is 9.88. The van der Waals surface area contributed by atoms with Gasteiger partial charge in [-0.3, -0.25) is 0 Å². The molecule has 0 aliphatic heterocycles. The third-order valence-corrected chi connectivity index (χ3v) is 8.26. The van der Waals surface area contributed by atoms with E-state index in [9.17, 15) is 14.7 Å². The first kappa shape index (κ1) is 27.2. The predicted molar refractivity (Wildman–Crippen MR) is 153 cm³/mol. The van der Waals surface area contributed by atoms with Gasteiger partial charge in [0, 0.05) is 16.5 Å². The molecule has 0 unspecified atom stereocenters. The van der Waals surface area contributed by atoms with Crippen molar-refractivity contribution in [3.05, 3.63) is 89.6 Å². The highest BCUT2D eigenvalue weighted by Crippen LogP contribution is 2.39. The topological polar surface area (TPSA) is 77.8 Å². The number of ether oxygens (including phenoxy) is 1. The summed E-state index contributed by atoms with van der Waals surface area (Å²) in [5.41, 5.74) is 0.784. The Hall–Kier alpha value is -3.84. The molecule has 0 aliphatic carbocycles. The van der Waals surface area contributed by atoms with Crippen molar-refractivity contribution < 1.29 is 23.9 Å². The van der Waals surface area contributed by atoms with E-state index in [1.807, 2.05) is 109 Å². The molecule has 0 fully saturated rings. The largest absolute Gasteiger partial charge is 0.532 e. The maximum Gasteiger partial charge on any atom is 0.419 e. The van der Waals surface area contributed by atoms with E-state index in [-0.39, 0.29) is 11.3 Å². The molecule has 3 aromatic carbocycles. The first-order valence-corrected chi connectivity index (χ1v) is 14.0. The van der Waals surface area contributed by atoms with Crippen molar-refractivity contribution in [3.8, 4) is 5.75 Å². The summed E-state index contributed by atoms with van der Waals surface area (Å²) in [7, 11) is -1.82. The van der Waals surface area contributed by atoms with Crippen molar-refractivity contribution in [2.45, 2.75) is 59.5 Å². The van der Waals surface area contributed by atoms with Crippen LogP contribution in [0, 0.1) is 6.92 Å². The van der Waals surface area contributed by atoms with E-state index in [2.05, 4.69) is 0 Å². The van der Waals surface area contributed by atoms with E-state index < -0.39 is 32.1 Å². The van der Waals surface area contributed by atoms with Crippen LogP contribution in [0.25, 0.3) is 10.9 Å². The second kappa shape index (κ2) is 10.1. The fourth-order valence-corrected chi connectivity index (χ4v) is 6.76. The molecule has 1 heterocycles. The van der Waals surface area contributed by atoms with Crippen molar-refractivity contribution in [3.63, 3.8) is 0 Å². The molecule has 38 heavy (non-hydrogen) atoms. The first-order valence-electron chi connectivity index (χ1n) is 12.6. The van der Waals surface area contributed by atoms with Gasteiger partial charge in [-0.2, -0.15) is 0 Å². The molecule has 0 saturated carbocycles. The fourth-order valence-electron chi connectivity index (χ4n) is 4.81. The standard InChI is InChI=1S/C31H34NO5Si/c1-20-25-23(32(27(20)30(2,3)4)29(35)36-31(5,6)7)18-19-24(26(25)28(33)34)37-38(21-14-10-8-11-15-21)22-16-12-9-13-17-22/h8-19H,1-7H3,(H,33,34). The number of carbonyl (C=O) groups excluding carboxylic acids is 1. The molecule has 1 radical (unpaired) electrons. The number of rotatable bonds is 5. The van der Waals surface area contributed by atoms with Crippen molar-refractivity contribution in [1.29, 1.82) is 0 Å². The van der Waals surface area contributed by atoms with Crippen LogP contribution in [-0.2, 0) is 10.2 Å². The SMILES string of the molecule is Cc1c(C(C)(C)C)n(C(=O)OC(C)(C)C)c2ccc(O[Si](c3ccccc3)c3ccccc3)c(C(=O)O)c12. The number of carboxylic acids is 1. The summed E-state index contributed by atoms with van der Waals surface area (Å²) in [6.45, 7) is 13.3. The minimum atomic E-state index is -1.82. The Morgan fingerprint density at radius 1 is 0.816 bits per heavy atom. The van der Waals surface area contributed by atoms with Crippen LogP contribution in [0.2, 0.25) is 0 Å². The molecule has 0 bridgehead atoms. The molecule has 1 aromatic heterocycles. The van der Waals surface area contributed by atoms with Crippen LogP contribution in [0.3, 0.4) is 0 Å². The molecule has 4 aromatic rings. The van der Waals surface area contributed by atoms with E-state index in [0.29, 0.717) is 16.6 Å². The molecular formula is C31H34NO5Si. The first-order chi connectivity index (χ1) is 17.8. The molecule has 0 atom stereocenters. The van der Waals surface area contributed by atoms with Crippen molar-refractivity contribution in [2.24, 2.45) is 0 Å².